The van der Waals surface area contributed by atoms with Crippen molar-refractivity contribution >= 4 is 87.1 Å². The number of carbonyl (C=O) groups is 9. The lowest BCUT2D eigenvalue weighted by atomic mass is 9.86. The maximum atomic E-state index is 16.3. The van der Waals surface area contributed by atoms with Gasteiger partial charge >= 0.3 is 0 Å². The second-order valence-electron chi connectivity index (χ2n) is 29.7. The number of nitrogens with zero attached hydrogens (tertiary/aromatic N) is 1. The summed E-state index contributed by atoms with van der Waals surface area (Å²) < 4.78 is 38.6. The van der Waals surface area contributed by atoms with Crippen LogP contribution in [0.2, 0.25) is 10.0 Å². The third-order valence-electron chi connectivity index (χ3n) is 20.6. The van der Waals surface area contributed by atoms with Gasteiger partial charge in [0.25, 0.3) is 5.91 Å². The van der Waals surface area contributed by atoms with Crippen LogP contribution >= 0.6 is 23.2 Å². The van der Waals surface area contributed by atoms with Gasteiger partial charge in [0, 0.05) is 53.8 Å². The van der Waals surface area contributed by atoms with Crippen molar-refractivity contribution in [3.63, 3.8) is 0 Å². The van der Waals surface area contributed by atoms with Crippen LogP contribution < -0.4 is 73.5 Å². The van der Waals surface area contributed by atoms with Crippen molar-refractivity contribution in [2.75, 3.05) is 26.7 Å². The van der Waals surface area contributed by atoms with Crippen LogP contribution in [0.3, 0.4) is 0 Å². The molecule has 18 atom stereocenters. The zero-order chi connectivity index (χ0) is 84.3. The minimum absolute atomic E-state index is 0.0342. The van der Waals surface area contributed by atoms with Crippen LogP contribution in [0.15, 0.2) is 115 Å². The van der Waals surface area contributed by atoms with Crippen LogP contribution in [-0.2, 0) is 52.6 Å². The van der Waals surface area contributed by atoms with E-state index in [0.717, 1.165) is 71.4 Å². The van der Waals surface area contributed by atoms with E-state index in [4.69, 9.17) is 63.1 Å². The molecule has 3 unspecified atom stereocenters. The predicted molar refractivity (Wildman–Crippen MR) is 413 cm³/mol. The first-order valence-electron chi connectivity index (χ1n) is 37.2. The number of aliphatic hydroxyl groups is 6. The number of primary amides is 1. The number of amides is 9. The number of aliphatic hydroxyl groups excluding tert-OH is 6. The van der Waals surface area contributed by atoms with E-state index < -0.39 is 243 Å². The van der Waals surface area contributed by atoms with Crippen molar-refractivity contribution in [1.29, 1.82) is 0 Å². The second-order valence-corrected chi connectivity index (χ2v) is 30.5. The Morgan fingerprint density at radius 3 is 1.97 bits per heavy atom. The van der Waals surface area contributed by atoms with Gasteiger partial charge in [0.05, 0.1) is 41.3 Å². The molecule has 7 aliphatic heterocycles. The number of nitrogens with one attached hydrogen (secondary N) is 9. The summed E-state index contributed by atoms with van der Waals surface area (Å²) in [5.74, 6) is -15.6. The summed E-state index contributed by atoms with van der Waals surface area (Å²) in [6.07, 6.45) is -17.1. The Labute approximate surface area is 677 Å². The summed E-state index contributed by atoms with van der Waals surface area (Å²) >= 11 is 14.3. The van der Waals surface area contributed by atoms with Gasteiger partial charge in [-0.25, -0.2) is 0 Å². The number of phenols is 3. The highest BCUT2D eigenvalue weighted by Crippen LogP contribution is 2.50. The quantitative estimate of drug-likeness (QED) is 0.0541. The summed E-state index contributed by atoms with van der Waals surface area (Å²) in [6.45, 7) is 5.41. The van der Waals surface area contributed by atoms with Gasteiger partial charge in [-0.2, -0.15) is 0 Å². The monoisotopic (exact) mass is 1660 g/mol. The van der Waals surface area contributed by atoms with E-state index in [2.05, 4.69) is 52.8 Å². The van der Waals surface area contributed by atoms with Crippen LogP contribution in [0.1, 0.15) is 122 Å². The smallest absolute Gasteiger partial charge is 0.269 e. The summed E-state index contributed by atoms with van der Waals surface area (Å²) in [5.41, 5.74) is 8.48. The fourth-order valence-electron chi connectivity index (χ4n) is 14.4. The fraction of sp³-hybridized carbons (Fsp3) is 0.392. The summed E-state index contributed by atoms with van der Waals surface area (Å²) in [4.78, 5) is 138. The van der Waals surface area contributed by atoms with Crippen molar-refractivity contribution in [3.05, 3.63) is 159 Å². The normalized spacial score (nSPS) is 26.9. The highest BCUT2D eigenvalue weighted by atomic mass is 35.5. The second kappa shape index (κ2) is 35.8. The average molecular weight is 1660 g/mol. The number of fused-ring (bicyclic) bond motifs is 16. The molecule has 0 spiro atoms. The molecule has 2 saturated heterocycles. The lowest BCUT2D eigenvalue weighted by Gasteiger charge is -2.47. The number of rotatable bonds is 18. The number of aromatic nitrogens is 1. The van der Waals surface area contributed by atoms with E-state index in [0.29, 0.717) is 0 Å². The fourth-order valence-corrected chi connectivity index (χ4v) is 14.9. The molecule has 622 valence electrons. The maximum absolute atomic E-state index is 16.3. The van der Waals surface area contributed by atoms with Crippen LogP contribution in [0, 0.1) is 5.92 Å². The molecule has 7 aromatic rings. The van der Waals surface area contributed by atoms with E-state index >= 15 is 19.2 Å². The van der Waals surface area contributed by atoms with Crippen LogP contribution in [0.5, 0.6) is 46.0 Å². The number of ether oxygens (including phenoxy) is 6. The largest absolute Gasteiger partial charge is 0.508 e. The Hall–Kier alpha value is -11.1. The molecule has 0 radical (unpaired) electrons. The number of pyridine rings is 1. The SMILES string of the molecule is CN[C@H](CC(C)C)C(=O)N[C@H]1C(=O)N[C@@H](CC(N)=O)C(=O)NC2C(=O)N[C@H]3C(=O)N[C@H](C(=O)NC(C(=O)NCCCNC(=O)c4cc5ccccc5cn4)c4cc(O)cc(O)c4-c4cc3ccc4O)[C@H](O)c3ccc(c(Cl)c3)Oc3cc2cc(c3O[C@@H]2O[C@H](CO)[C@@H](O)[C@H](O)[C@H]2OC2C[C@](C)(N)[C@H](O)[C@H](C)O2)Oc2ccc(cc2Cl)[C@H]1O. The number of nitrogens with two attached hydrogens (primary N) is 2. The molecule has 2 fully saturated rings. The molecule has 22 N–H and O–H groups in total. The topological polar surface area (TPSA) is 564 Å². The van der Waals surface area contributed by atoms with Crippen LogP contribution in [0.4, 0.5) is 0 Å². The summed E-state index contributed by atoms with van der Waals surface area (Å²) in [7, 11) is 1.48. The van der Waals surface area contributed by atoms with E-state index in [1.807, 2.05) is 26.0 Å². The molecule has 1 aromatic heterocycles. The van der Waals surface area contributed by atoms with Gasteiger partial charge in [-0.05, 0) is 134 Å². The molecule has 11 bridgehead atoms. The first-order valence-corrected chi connectivity index (χ1v) is 38.0. The van der Waals surface area contributed by atoms with Gasteiger partial charge in [0.15, 0.2) is 23.9 Å². The number of phenolic OH excluding ortho intramolecular Hbond substituents is 3. The number of hydrogen-bond acceptors (Lipinski definition) is 27. The van der Waals surface area contributed by atoms with Gasteiger partial charge in [-0.1, -0.05) is 79.5 Å². The Morgan fingerprint density at radius 2 is 1.32 bits per heavy atom. The van der Waals surface area contributed by atoms with Gasteiger partial charge < -0.3 is 134 Å². The molecule has 14 rings (SSSR count). The van der Waals surface area contributed by atoms with Gasteiger partial charge in [-0.3, -0.25) is 48.1 Å². The van der Waals surface area contributed by atoms with Crippen molar-refractivity contribution < 1.29 is 118 Å². The van der Waals surface area contributed by atoms with E-state index in [-0.39, 0.29) is 71.4 Å². The van der Waals surface area contributed by atoms with Gasteiger partial charge in [-0.15, -0.1) is 0 Å². The van der Waals surface area contributed by atoms with Crippen molar-refractivity contribution in [2.24, 2.45) is 17.4 Å². The first kappa shape index (κ1) is 85.3. The number of aromatic hydroxyl groups is 3. The third-order valence-corrected chi connectivity index (χ3v) is 21.2. The lowest BCUT2D eigenvalue weighted by Crippen LogP contribution is -2.64. The minimum atomic E-state index is -2.36. The molecule has 117 heavy (non-hydrogen) atoms. The van der Waals surface area contributed by atoms with Gasteiger partial charge in [0.2, 0.25) is 59.3 Å². The van der Waals surface area contributed by atoms with E-state index in [9.17, 15) is 69.9 Å². The van der Waals surface area contributed by atoms with Crippen LogP contribution in [0.25, 0.3) is 21.9 Å². The Bertz CT molecular complexity index is 5010. The Balaban J connectivity index is 1.02. The molecule has 9 amide bonds. The van der Waals surface area contributed by atoms with E-state index in [1.165, 1.54) is 45.3 Å². The molecule has 6 aromatic carbocycles. The maximum Gasteiger partial charge on any atom is 0.269 e. The first-order chi connectivity index (χ1) is 55.6. The highest BCUT2D eigenvalue weighted by Gasteiger charge is 2.52. The third kappa shape index (κ3) is 18.8. The number of carbonyl (C=O) groups excluding carboxylic acids is 9. The zero-order valence-electron chi connectivity index (χ0n) is 63.3. The molecular formula is C79H88Cl2N12O24. The predicted octanol–water partition coefficient (Wildman–Crippen LogP) is 1.51. The molecule has 36 nitrogen and oxygen atoms in total. The highest BCUT2D eigenvalue weighted by molar-refractivity contribution is 6.32. The zero-order valence-corrected chi connectivity index (χ0v) is 64.8. The number of hydrogen-bond donors (Lipinski definition) is 20. The lowest BCUT2D eigenvalue weighted by molar-refractivity contribution is -0.333. The summed E-state index contributed by atoms with van der Waals surface area (Å²) in [5, 5.41) is 129. The van der Waals surface area contributed by atoms with Crippen molar-refractivity contribution in [3.8, 4) is 57.1 Å². The van der Waals surface area contributed by atoms with Crippen molar-refractivity contribution in [2.45, 2.75) is 163 Å². The molecule has 0 saturated carbocycles. The van der Waals surface area contributed by atoms with Crippen molar-refractivity contribution in [1.82, 2.24) is 52.8 Å². The van der Waals surface area contributed by atoms with Crippen LogP contribution in [-0.4, -0.2) is 210 Å². The van der Waals surface area contributed by atoms with E-state index in [1.54, 1.807) is 18.2 Å². The molecule has 7 aliphatic rings. The molecule has 38 heteroatoms. The number of halogens is 2. The Morgan fingerprint density at radius 1 is 0.692 bits per heavy atom. The Kier molecular flexibility index (Phi) is 26.1. The minimum Gasteiger partial charge on any atom is -0.508 e. The summed E-state index contributed by atoms with van der Waals surface area (Å²) in [6, 6.07) is 8.75. The molecular weight excluding hydrogens is 1570 g/mol. The number of benzene rings is 6. The molecule has 0 aliphatic carbocycles. The number of likely N-dealkylation sites (N-methyl/N-ethyl adjacent to an activating group) is 1. The molecule has 8 heterocycles. The van der Waals surface area contributed by atoms with Gasteiger partial charge in [0.1, 0.15) is 101 Å². The standard InChI is InChI=1S/C79H88Cl2N12O24/c1-32(2)19-45(84-5)71(105)92-61-63(99)36-12-15-50(43(80)21-36)113-52-24-39-25-53(67(52)117-78-68(66(102)65(101)54(31-94)115-78)116-56-29-79(4,83)69(103)33(3)112-56)114-51-16-13-37(22-44(51)81)64(100)62-77(111)91-60(73(107)86-18-8-17-85-70(104)46-23-34-9-6-7-10-38(34)30-87-46)42-26-40(95)27-49(97)57(42)41-20-35(11-14-48(41)96)58(74(108)93-62)90-75(109)59(39)89-72(106)47(28-55(82)98)88-76(61)110/h6-7,9-16,20-27,30,32-33,45,47,54,56,58-66,68-69,78,84,94-97,99-103H,8,17-19,28-29,31,83H2,1-5H3,(H2,82,98)(H,85,104)(H,86,107)(H,88,110)(H,89,106)(H,90,109)(H,91,111)(H,92,105)(H,93,108)/t33-,45+,47-,54+,56?,58+,59?,60?,61+,62-,63+,64+,65+,66-,68+,69+,78-,79-/m0/s1. The average Bonchev–Trinajstić information content (AvgIpc) is 0.764.